The summed E-state index contributed by atoms with van der Waals surface area (Å²) in [5, 5.41) is 4.21. The Bertz CT molecular complexity index is 1250. The monoisotopic (exact) mass is 502 g/mol. The number of benzene rings is 2. The Labute approximate surface area is 203 Å². The normalized spacial score (nSPS) is 11.0. The molecule has 34 heavy (non-hydrogen) atoms. The van der Waals surface area contributed by atoms with Gasteiger partial charge in [-0.15, -0.1) is 11.3 Å². The molecule has 1 amide bonds. The fourth-order valence-corrected chi connectivity index (χ4v) is 5.54. The van der Waals surface area contributed by atoms with Crippen LogP contribution in [-0.2, 0) is 14.8 Å². The molecule has 180 valence electrons. The Kier molecular flexibility index (Phi) is 8.30. The second kappa shape index (κ2) is 11.2. The van der Waals surface area contributed by atoms with Crippen LogP contribution in [-0.4, -0.2) is 40.6 Å². The maximum atomic E-state index is 13.3. The number of nitrogens with zero attached hydrogens (tertiary/aromatic N) is 1. The molecule has 0 radical (unpaired) electrons. The first-order valence-electron chi connectivity index (χ1n) is 10.7. The van der Waals surface area contributed by atoms with E-state index in [-0.39, 0.29) is 21.9 Å². The highest BCUT2D eigenvalue weighted by Crippen LogP contribution is 2.29. The highest BCUT2D eigenvalue weighted by molar-refractivity contribution is 7.93. The Hall–Kier alpha value is -3.37. The highest BCUT2D eigenvalue weighted by Gasteiger charge is 2.28. The molecule has 0 atom stereocenters. The van der Waals surface area contributed by atoms with E-state index in [1.54, 1.807) is 54.8 Å². The molecule has 0 fully saturated rings. The molecule has 3 aromatic rings. The Morgan fingerprint density at radius 2 is 1.79 bits per heavy atom. The largest absolute Gasteiger partial charge is 0.494 e. The fourth-order valence-electron chi connectivity index (χ4n) is 3.05. The van der Waals surface area contributed by atoms with Gasteiger partial charge in [-0.25, -0.2) is 13.2 Å². The summed E-state index contributed by atoms with van der Waals surface area (Å²) in [6.07, 6.45) is 0.867. The van der Waals surface area contributed by atoms with Crippen molar-refractivity contribution in [1.29, 1.82) is 0 Å². The molecule has 0 saturated carbocycles. The fraction of sp³-hybridized carbons (Fsp3) is 0.250. The van der Waals surface area contributed by atoms with Gasteiger partial charge in [0.2, 0.25) is 0 Å². The summed E-state index contributed by atoms with van der Waals surface area (Å²) in [6, 6.07) is 14.4. The minimum Gasteiger partial charge on any atom is -0.494 e. The molecule has 1 N–H and O–H groups in total. The summed E-state index contributed by atoms with van der Waals surface area (Å²) in [5.74, 6) is -0.450. The van der Waals surface area contributed by atoms with Gasteiger partial charge in [0.15, 0.2) is 0 Å². The van der Waals surface area contributed by atoms with Gasteiger partial charge in [-0.2, -0.15) is 0 Å². The van der Waals surface area contributed by atoms with Gasteiger partial charge in [-0.3, -0.25) is 9.10 Å². The second-order valence-corrected chi connectivity index (χ2v) is 10.0. The molecule has 3 rings (SSSR count). The number of sulfonamides is 1. The number of carbonyl (C=O) groups excluding carboxylic acids is 2. The summed E-state index contributed by atoms with van der Waals surface area (Å²) in [4.78, 5) is 24.8. The van der Waals surface area contributed by atoms with Crippen molar-refractivity contribution in [3.8, 4) is 5.75 Å². The SMILES string of the molecule is CCCOc1ccc(N(C)S(=O)(=O)c2ccsc2C(=O)Nc2cccc(C(=O)OCC)c2)cc1. The minimum atomic E-state index is -4.01. The third kappa shape index (κ3) is 5.75. The van der Waals surface area contributed by atoms with Crippen LogP contribution in [0.1, 0.15) is 40.3 Å². The number of carbonyl (C=O) groups is 2. The standard InChI is InChI=1S/C24H26N2O6S2/c1-4-14-32-20-11-9-19(10-12-20)26(3)34(29,30)21-13-15-33-22(21)23(27)25-18-8-6-7-17(16-18)24(28)31-5-2/h6-13,15-16H,4-5,14H2,1-3H3,(H,25,27). The van der Waals surface area contributed by atoms with E-state index in [9.17, 15) is 18.0 Å². The molecule has 0 saturated heterocycles. The number of nitrogens with one attached hydrogen (secondary N) is 1. The predicted molar refractivity (Wildman–Crippen MR) is 132 cm³/mol. The number of ether oxygens (including phenoxy) is 2. The van der Waals surface area contributed by atoms with Crippen LogP contribution < -0.4 is 14.4 Å². The lowest BCUT2D eigenvalue weighted by Gasteiger charge is -2.20. The van der Waals surface area contributed by atoms with Crippen molar-refractivity contribution in [2.75, 3.05) is 29.9 Å². The predicted octanol–water partition coefficient (Wildman–Crippen LogP) is 4.79. The Balaban J connectivity index is 1.80. The quantitative estimate of drug-likeness (QED) is 0.400. The lowest BCUT2D eigenvalue weighted by Crippen LogP contribution is -2.28. The van der Waals surface area contributed by atoms with Gasteiger partial charge in [0, 0.05) is 12.7 Å². The molecule has 1 aromatic heterocycles. The molecule has 0 aliphatic carbocycles. The van der Waals surface area contributed by atoms with Crippen LogP contribution in [0.25, 0.3) is 0 Å². The number of rotatable bonds is 10. The van der Waals surface area contributed by atoms with Crippen molar-refractivity contribution in [2.24, 2.45) is 0 Å². The van der Waals surface area contributed by atoms with Crippen molar-refractivity contribution in [2.45, 2.75) is 25.2 Å². The van der Waals surface area contributed by atoms with Crippen molar-refractivity contribution in [3.63, 3.8) is 0 Å². The molecular weight excluding hydrogens is 476 g/mol. The Morgan fingerprint density at radius 3 is 2.47 bits per heavy atom. The number of anilines is 2. The van der Waals surface area contributed by atoms with Crippen LogP contribution in [0.3, 0.4) is 0 Å². The molecular formula is C24H26N2O6S2. The maximum Gasteiger partial charge on any atom is 0.338 e. The smallest absolute Gasteiger partial charge is 0.338 e. The van der Waals surface area contributed by atoms with Gasteiger partial charge < -0.3 is 14.8 Å². The van der Waals surface area contributed by atoms with Gasteiger partial charge in [-0.05, 0) is 67.3 Å². The van der Waals surface area contributed by atoms with Gasteiger partial charge in [0.05, 0.1) is 24.5 Å². The van der Waals surface area contributed by atoms with E-state index in [2.05, 4.69) is 5.32 Å². The van der Waals surface area contributed by atoms with Crippen molar-refractivity contribution < 1.29 is 27.5 Å². The third-order valence-corrected chi connectivity index (χ3v) is 7.65. The van der Waals surface area contributed by atoms with Crippen molar-refractivity contribution in [3.05, 3.63) is 70.4 Å². The summed E-state index contributed by atoms with van der Waals surface area (Å²) < 4.78 is 38.2. The van der Waals surface area contributed by atoms with E-state index in [4.69, 9.17) is 9.47 Å². The topological polar surface area (TPSA) is 102 Å². The molecule has 0 unspecified atom stereocenters. The number of thiophene rings is 1. The lowest BCUT2D eigenvalue weighted by atomic mass is 10.2. The average molecular weight is 503 g/mol. The summed E-state index contributed by atoms with van der Waals surface area (Å²) >= 11 is 1.02. The van der Waals surface area contributed by atoms with Crippen LogP contribution in [0.5, 0.6) is 5.75 Å². The number of hydrogen-bond donors (Lipinski definition) is 1. The van der Waals surface area contributed by atoms with Crippen LogP contribution in [0, 0.1) is 0 Å². The second-order valence-electron chi connectivity index (χ2n) is 7.18. The van der Waals surface area contributed by atoms with E-state index in [0.29, 0.717) is 23.7 Å². The third-order valence-electron chi connectivity index (χ3n) is 4.78. The number of hydrogen-bond acceptors (Lipinski definition) is 7. The van der Waals surface area contributed by atoms with E-state index in [1.807, 2.05) is 6.92 Å². The average Bonchev–Trinajstić information content (AvgIpc) is 3.34. The van der Waals surface area contributed by atoms with Crippen LogP contribution in [0.4, 0.5) is 11.4 Å². The number of esters is 1. The van der Waals surface area contributed by atoms with Gasteiger partial charge in [-0.1, -0.05) is 13.0 Å². The molecule has 0 aliphatic heterocycles. The van der Waals surface area contributed by atoms with Crippen LogP contribution in [0.15, 0.2) is 64.9 Å². The zero-order chi connectivity index (χ0) is 24.7. The molecule has 0 bridgehead atoms. The zero-order valence-electron chi connectivity index (χ0n) is 19.1. The van der Waals surface area contributed by atoms with E-state index >= 15 is 0 Å². The molecule has 10 heteroatoms. The van der Waals surface area contributed by atoms with Crippen molar-refractivity contribution >= 4 is 44.6 Å². The highest BCUT2D eigenvalue weighted by atomic mass is 32.2. The van der Waals surface area contributed by atoms with Crippen LogP contribution >= 0.6 is 11.3 Å². The lowest BCUT2D eigenvalue weighted by molar-refractivity contribution is 0.0526. The zero-order valence-corrected chi connectivity index (χ0v) is 20.7. The summed E-state index contributed by atoms with van der Waals surface area (Å²) in [7, 11) is -2.58. The number of amides is 1. The Morgan fingerprint density at radius 1 is 1.06 bits per heavy atom. The first-order valence-corrected chi connectivity index (χ1v) is 13.0. The minimum absolute atomic E-state index is 0.0382. The van der Waals surface area contributed by atoms with Gasteiger partial charge in [0.25, 0.3) is 15.9 Å². The molecule has 0 aliphatic rings. The molecule has 2 aromatic carbocycles. The first-order chi connectivity index (χ1) is 16.3. The molecule has 8 nitrogen and oxygen atoms in total. The summed E-state index contributed by atoms with van der Waals surface area (Å²) in [6.45, 7) is 4.51. The van der Waals surface area contributed by atoms with Gasteiger partial charge >= 0.3 is 5.97 Å². The molecule has 1 heterocycles. The van der Waals surface area contributed by atoms with E-state index in [1.165, 1.54) is 19.2 Å². The van der Waals surface area contributed by atoms with Crippen molar-refractivity contribution in [1.82, 2.24) is 0 Å². The molecule has 0 spiro atoms. The maximum absolute atomic E-state index is 13.3. The van der Waals surface area contributed by atoms with E-state index in [0.717, 1.165) is 22.1 Å². The van der Waals surface area contributed by atoms with Crippen LogP contribution in [0.2, 0.25) is 0 Å². The first kappa shape index (κ1) is 25.3. The van der Waals surface area contributed by atoms with E-state index < -0.39 is 21.9 Å². The van der Waals surface area contributed by atoms with Gasteiger partial charge in [0.1, 0.15) is 15.5 Å². The summed E-state index contributed by atoms with van der Waals surface area (Å²) in [5.41, 5.74) is 1.07.